The predicted molar refractivity (Wildman–Crippen MR) is 126 cm³/mol. The first-order chi connectivity index (χ1) is 14.8. The molecule has 0 aliphatic heterocycles. The highest BCUT2D eigenvalue weighted by Gasteiger charge is 2.13. The molecule has 0 saturated heterocycles. The zero-order valence-electron chi connectivity index (χ0n) is 18.9. The second kappa shape index (κ2) is 10.0. The van der Waals surface area contributed by atoms with E-state index in [0.29, 0.717) is 5.95 Å². The number of hydrogen-bond donors (Lipinski definition) is 1. The Balaban J connectivity index is 1.77. The topological polar surface area (TPSA) is 74.2 Å². The van der Waals surface area contributed by atoms with Crippen LogP contribution in [0.15, 0.2) is 48.8 Å². The summed E-state index contributed by atoms with van der Waals surface area (Å²) in [6.07, 6.45) is 4.45. The van der Waals surface area contributed by atoms with Crippen LogP contribution in [0, 0.1) is 13.8 Å². The van der Waals surface area contributed by atoms with Gasteiger partial charge < -0.3 is 15.1 Å². The number of amides is 1. The van der Waals surface area contributed by atoms with Crippen LogP contribution in [-0.2, 0) is 4.79 Å². The quantitative estimate of drug-likeness (QED) is 0.591. The fraction of sp³-hybridized carbons (Fsp3) is 0.333. The van der Waals surface area contributed by atoms with Gasteiger partial charge in [0.1, 0.15) is 5.82 Å². The van der Waals surface area contributed by atoms with Gasteiger partial charge in [0, 0.05) is 63.3 Å². The Kier molecular flexibility index (Phi) is 7.18. The summed E-state index contributed by atoms with van der Waals surface area (Å²) >= 11 is 0. The molecule has 2 aromatic heterocycles. The molecular formula is C24H30N6O. The molecule has 7 nitrogen and oxygen atoms in total. The van der Waals surface area contributed by atoms with Crippen LogP contribution < -0.4 is 10.2 Å². The summed E-state index contributed by atoms with van der Waals surface area (Å²) in [5.41, 5.74) is 5.06. The number of anilines is 3. The van der Waals surface area contributed by atoms with Crippen LogP contribution in [0.25, 0.3) is 11.3 Å². The highest BCUT2D eigenvalue weighted by molar-refractivity contribution is 5.73. The molecule has 0 aliphatic carbocycles. The smallest absolute Gasteiger partial charge is 0.227 e. The molecule has 1 N–H and O–H groups in total. The van der Waals surface area contributed by atoms with E-state index in [1.807, 2.05) is 44.6 Å². The van der Waals surface area contributed by atoms with Crippen molar-refractivity contribution < 1.29 is 4.79 Å². The van der Waals surface area contributed by atoms with Gasteiger partial charge in [-0.25, -0.2) is 15.0 Å². The van der Waals surface area contributed by atoms with Crippen LogP contribution >= 0.6 is 0 Å². The monoisotopic (exact) mass is 418 g/mol. The maximum Gasteiger partial charge on any atom is 0.227 e. The van der Waals surface area contributed by atoms with Crippen molar-refractivity contribution >= 4 is 23.4 Å². The normalized spacial score (nSPS) is 10.6. The molecule has 0 bridgehead atoms. The van der Waals surface area contributed by atoms with E-state index in [2.05, 4.69) is 46.2 Å². The molecule has 1 aromatic carbocycles. The van der Waals surface area contributed by atoms with Crippen LogP contribution in [-0.4, -0.2) is 52.9 Å². The van der Waals surface area contributed by atoms with E-state index in [1.54, 1.807) is 18.0 Å². The lowest BCUT2D eigenvalue weighted by atomic mass is 10.1. The van der Waals surface area contributed by atoms with Gasteiger partial charge in [-0.15, -0.1) is 0 Å². The maximum absolute atomic E-state index is 11.4. The number of rotatable bonds is 8. The van der Waals surface area contributed by atoms with Crippen molar-refractivity contribution in [3.8, 4) is 11.3 Å². The summed E-state index contributed by atoms with van der Waals surface area (Å²) in [6, 6.07) is 12.0. The highest BCUT2D eigenvalue weighted by Crippen LogP contribution is 2.28. The third-order valence-electron chi connectivity index (χ3n) is 5.27. The number of carbonyl (C=O) groups excluding carboxylic acids is 1. The molecule has 7 heteroatoms. The second-order valence-corrected chi connectivity index (χ2v) is 7.78. The molecule has 3 rings (SSSR count). The van der Waals surface area contributed by atoms with E-state index in [0.717, 1.165) is 47.8 Å². The van der Waals surface area contributed by atoms with E-state index in [4.69, 9.17) is 4.98 Å². The number of nitrogens with one attached hydrogen (secondary N) is 1. The first-order valence-electron chi connectivity index (χ1n) is 10.4. The van der Waals surface area contributed by atoms with E-state index < -0.39 is 0 Å². The van der Waals surface area contributed by atoms with Gasteiger partial charge in [-0.2, -0.15) is 0 Å². The van der Waals surface area contributed by atoms with Crippen molar-refractivity contribution in [2.24, 2.45) is 0 Å². The van der Waals surface area contributed by atoms with Crippen molar-refractivity contribution in [3.63, 3.8) is 0 Å². The standard InChI is InChI=1S/C24H30N6O/c1-17-8-6-9-20(16-17)27-24-26-13-11-22(28-24)21-10-12-25-23(18(21)2)30(5)15-7-14-29(4)19(3)31/h6,8-13,16H,7,14-15H2,1-5H3,(H,26,27,28). The van der Waals surface area contributed by atoms with Crippen LogP contribution in [0.2, 0.25) is 0 Å². The van der Waals surface area contributed by atoms with Crippen molar-refractivity contribution in [1.82, 2.24) is 19.9 Å². The Bertz CT molecular complexity index is 1050. The van der Waals surface area contributed by atoms with Gasteiger partial charge in [0.25, 0.3) is 0 Å². The lowest BCUT2D eigenvalue weighted by molar-refractivity contribution is -0.127. The van der Waals surface area contributed by atoms with Crippen LogP contribution in [0.1, 0.15) is 24.5 Å². The number of nitrogens with zero attached hydrogens (tertiary/aromatic N) is 5. The molecule has 0 unspecified atom stereocenters. The molecule has 31 heavy (non-hydrogen) atoms. The molecule has 0 radical (unpaired) electrons. The Morgan fingerprint density at radius 1 is 1.03 bits per heavy atom. The highest BCUT2D eigenvalue weighted by atomic mass is 16.2. The fourth-order valence-electron chi connectivity index (χ4n) is 3.42. The van der Waals surface area contributed by atoms with E-state index in [-0.39, 0.29) is 5.91 Å². The van der Waals surface area contributed by atoms with E-state index >= 15 is 0 Å². The first kappa shape index (κ1) is 22.2. The van der Waals surface area contributed by atoms with Crippen molar-refractivity contribution in [3.05, 3.63) is 59.9 Å². The fourth-order valence-corrected chi connectivity index (χ4v) is 3.42. The van der Waals surface area contributed by atoms with Gasteiger partial charge in [0.2, 0.25) is 11.9 Å². The largest absolute Gasteiger partial charge is 0.359 e. The Morgan fingerprint density at radius 3 is 2.55 bits per heavy atom. The Morgan fingerprint density at radius 2 is 1.81 bits per heavy atom. The van der Waals surface area contributed by atoms with Crippen molar-refractivity contribution in [2.45, 2.75) is 27.2 Å². The number of hydrogen-bond acceptors (Lipinski definition) is 6. The average Bonchev–Trinajstić information content (AvgIpc) is 2.74. The molecule has 2 heterocycles. The van der Waals surface area contributed by atoms with Crippen LogP contribution in [0.5, 0.6) is 0 Å². The number of aryl methyl sites for hydroxylation is 1. The summed E-state index contributed by atoms with van der Waals surface area (Å²) < 4.78 is 0. The third-order valence-corrected chi connectivity index (χ3v) is 5.27. The van der Waals surface area contributed by atoms with Crippen LogP contribution in [0.4, 0.5) is 17.5 Å². The maximum atomic E-state index is 11.4. The Labute approximate surface area is 184 Å². The number of carbonyl (C=O) groups is 1. The molecule has 0 spiro atoms. The van der Waals surface area contributed by atoms with Gasteiger partial charge in [-0.1, -0.05) is 12.1 Å². The Hall–Kier alpha value is -3.48. The molecule has 0 saturated carbocycles. The molecule has 3 aromatic rings. The van der Waals surface area contributed by atoms with Crippen molar-refractivity contribution in [1.29, 1.82) is 0 Å². The molecule has 0 atom stereocenters. The van der Waals surface area contributed by atoms with Gasteiger partial charge in [-0.05, 0) is 50.1 Å². The second-order valence-electron chi connectivity index (χ2n) is 7.78. The zero-order chi connectivity index (χ0) is 22.4. The van der Waals surface area contributed by atoms with Crippen molar-refractivity contribution in [2.75, 3.05) is 37.4 Å². The van der Waals surface area contributed by atoms with Crippen LogP contribution in [0.3, 0.4) is 0 Å². The lowest BCUT2D eigenvalue weighted by Crippen LogP contribution is -2.29. The molecule has 0 aliphatic rings. The van der Waals surface area contributed by atoms with E-state index in [9.17, 15) is 4.79 Å². The minimum Gasteiger partial charge on any atom is -0.359 e. The number of pyridine rings is 1. The molecule has 0 fully saturated rings. The summed E-state index contributed by atoms with van der Waals surface area (Å²) in [5, 5.41) is 3.28. The SMILES string of the molecule is CC(=O)N(C)CCCN(C)c1nccc(-c2ccnc(Nc3cccc(C)c3)n2)c1C. The molecule has 1 amide bonds. The summed E-state index contributed by atoms with van der Waals surface area (Å²) in [7, 11) is 3.85. The summed E-state index contributed by atoms with van der Waals surface area (Å²) in [4.78, 5) is 28.9. The number of benzene rings is 1. The summed E-state index contributed by atoms with van der Waals surface area (Å²) in [5.74, 6) is 1.55. The average molecular weight is 419 g/mol. The molecule has 162 valence electrons. The third kappa shape index (κ3) is 5.78. The predicted octanol–water partition coefficient (Wildman–Crippen LogP) is 4.20. The zero-order valence-corrected chi connectivity index (χ0v) is 18.9. The van der Waals surface area contributed by atoms with Gasteiger partial charge in [0.15, 0.2) is 0 Å². The van der Waals surface area contributed by atoms with Gasteiger partial charge in [-0.3, -0.25) is 4.79 Å². The van der Waals surface area contributed by atoms with E-state index in [1.165, 1.54) is 5.56 Å². The lowest BCUT2D eigenvalue weighted by Gasteiger charge is -2.23. The van der Waals surface area contributed by atoms with Gasteiger partial charge >= 0.3 is 0 Å². The molecular weight excluding hydrogens is 388 g/mol. The minimum absolute atomic E-state index is 0.0813. The van der Waals surface area contributed by atoms with Gasteiger partial charge in [0.05, 0.1) is 5.69 Å². The minimum atomic E-state index is 0.0813. The first-order valence-corrected chi connectivity index (χ1v) is 10.4. The summed E-state index contributed by atoms with van der Waals surface area (Å²) in [6.45, 7) is 7.23. The number of aromatic nitrogens is 3.